The molecule has 0 radical (unpaired) electrons. The van der Waals surface area contributed by atoms with Crippen molar-refractivity contribution in [2.75, 3.05) is 19.8 Å². The molecule has 6 heteroatoms. The van der Waals surface area contributed by atoms with Gasteiger partial charge in [-0.25, -0.2) is 0 Å². The number of hydrogen-bond acceptors (Lipinski definition) is 6. The van der Waals surface area contributed by atoms with Gasteiger partial charge < -0.3 is 19.3 Å². The van der Waals surface area contributed by atoms with Crippen molar-refractivity contribution in [3.63, 3.8) is 0 Å². The molecule has 46 heavy (non-hydrogen) atoms. The zero-order chi connectivity index (χ0) is 33.3. The maximum absolute atomic E-state index is 12.2. The van der Waals surface area contributed by atoms with E-state index in [1.807, 2.05) is 30.3 Å². The molecule has 0 saturated carbocycles. The summed E-state index contributed by atoms with van der Waals surface area (Å²) in [5.41, 5.74) is 1.09. The molecule has 0 spiro atoms. The lowest BCUT2D eigenvalue weighted by Crippen LogP contribution is -2.28. The van der Waals surface area contributed by atoms with E-state index >= 15 is 0 Å². The van der Waals surface area contributed by atoms with E-state index in [1.165, 1.54) is 89.9 Å². The van der Waals surface area contributed by atoms with Crippen LogP contribution in [0.15, 0.2) is 30.8 Å². The highest BCUT2D eigenvalue weighted by Crippen LogP contribution is 2.16. The number of esters is 2. The Morgan fingerprint density at radius 3 is 1.54 bits per heavy atom. The van der Waals surface area contributed by atoms with Gasteiger partial charge in [0, 0.05) is 12.8 Å². The molecule has 0 fully saturated rings. The van der Waals surface area contributed by atoms with E-state index in [9.17, 15) is 14.7 Å². The fourth-order valence-corrected chi connectivity index (χ4v) is 5.59. The SMILES string of the molecule is C=Cc1ccc(OCCCCCCCCCCC(=O)OC(CO)COC(=O)CCCCCCCCCCCCCCCCC)cc1. The minimum atomic E-state index is -0.784. The molecule has 1 N–H and O–H groups in total. The van der Waals surface area contributed by atoms with E-state index in [2.05, 4.69) is 13.5 Å². The first-order valence-corrected chi connectivity index (χ1v) is 18.9. The van der Waals surface area contributed by atoms with Crippen LogP contribution in [0.3, 0.4) is 0 Å². The molecule has 0 aliphatic heterocycles. The fraction of sp³-hybridized carbons (Fsp3) is 0.750. The van der Waals surface area contributed by atoms with Crippen molar-refractivity contribution >= 4 is 18.0 Å². The average molecular weight is 645 g/mol. The smallest absolute Gasteiger partial charge is 0.306 e. The highest BCUT2D eigenvalue weighted by atomic mass is 16.6. The summed E-state index contributed by atoms with van der Waals surface area (Å²) in [6.45, 7) is 6.35. The van der Waals surface area contributed by atoms with Gasteiger partial charge in [-0.2, -0.15) is 0 Å². The summed E-state index contributed by atoms with van der Waals surface area (Å²) in [7, 11) is 0. The molecule has 0 saturated heterocycles. The molecule has 6 nitrogen and oxygen atoms in total. The third-order valence-electron chi connectivity index (χ3n) is 8.58. The van der Waals surface area contributed by atoms with Crippen LogP contribution in [0, 0.1) is 0 Å². The Morgan fingerprint density at radius 1 is 0.652 bits per heavy atom. The van der Waals surface area contributed by atoms with Crippen LogP contribution in [-0.2, 0) is 19.1 Å². The third kappa shape index (κ3) is 25.8. The van der Waals surface area contributed by atoms with E-state index < -0.39 is 6.10 Å². The molecule has 1 aromatic carbocycles. The van der Waals surface area contributed by atoms with Gasteiger partial charge >= 0.3 is 11.9 Å². The van der Waals surface area contributed by atoms with Crippen LogP contribution in [0.5, 0.6) is 5.75 Å². The molecule has 0 aliphatic carbocycles. The van der Waals surface area contributed by atoms with Crippen molar-refractivity contribution in [3.8, 4) is 5.75 Å². The second kappa shape index (κ2) is 31.3. The Hall–Kier alpha value is -2.34. The van der Waals surface area contributed by atoms with Crippen LogP contribution >= 0.6 is 0 Å². The first-order chi connectivity index (χ1) is 22.6. The lowest BCUT2D eigenvalue weighted by Gasteiger charge is -2.15. The summed E-state index contributed by atoms with van der Waals surface area (Å²) in [5.74, 6) is 0.285. The Balaban J connectivity index is 1.88. The van der Waals surface area contributed by atoms with Gasteiger partial charge in [-0.05, 0) is 37.0 Å². The summed E-state index contributed by atoms with van der Waals surface area (Å²) in [6, 6.07) is 7.97. The topological polar surface area (TPSA) is 82.1 Å². The number of benzene rings is 1. The summed E-state index contributed by atoms with van der Waals surface area (Å²) >= 11 is 0. The monoisotopic (exact) mass is 645 g/mol. The van der Waals surface area contributed by atoms with Crippen LogP contribution in [0.4, 0.5) is 0 Å². The number of unbranched alkanes of at least 4 members (excludes halogenated alkanes) is 21. The van der Waals surface area contributed by atoms with Crippen LogP contribution in [0.25, 0.3) is 6.08 Å². The predicted octanol–water partition coefficient (Wildman–Crippen LogP) is 10.9. The van der Waals surface area contributed by atoms with E-state index in [0.29, 0.717) is 12.8 Å². The van der Waals surface area contributed by atoms with Crippen LogP contribution in [0.2, 0.25) is 0 Å². The van der Waals surface area contributed by atoms with Crippen molar-refractivity contribution in [2.24, 2.45) is 0 Å². The number of carbonyl (C=O) groups is 2. The molecular formula is C40H68O6. The molecule has 0 heterocycles. The van der Waals surface area contributed by atoms with Crippen LogP contribution in [0.1, 0.15) is 173 Å². The lowest BCUT2D eigenvalue weighted by atomic mass is 10.0. The lowest BCUT2D eigenvalue weighted by molar-refractivity contribution is -0.161. The zero-order valence-corrected chi connectivity index (χ0v) is 29.5. The second-order valence-electron chi connectivity index (χ2n) is 12.9. The molecule has 1 aromatic rings. The highest BCUT2D eigenvalue weighted by molar-refractivity contribution is 5.70. The van der Waals surface area contributed by atoms with Gasteiger partial charge in [-0.3, -0.25) is 9.59 Å². The number of rotatable bonds is 33. The van der Waals surface area contributed by atoms with E-state index in [-0.39, 0.29) is 25.2 Å². The van der Waals surface area contributed by atoms with Gasteiger partial charge in [0.25, 0.3) is 0 Å². The molecule has 1 rings (SSSR count). The third-order valence-corrected chi connectivity index (χ3v) is 8.58. The quantitative estimate of drug-likeness (QED) is 0.0605. The summed E-state index contributed by atoms with van der Waals surface area (Å²) in [5, 5.41) is 9.55. The van der Waals surface area contributed by atoms with Gasteiger partial charge in [0.15, 0.2) is 6.10 Å². The zero-order valence-electron chi connectivity index (χ0n) is 29.5. The minimum Gasteiger partial charge on any atom is -0.494 e. The molecule has 1 unspecified atom stereocenters. The summed E-state index contributed by atoms with van der Waals surface area (Å²) in [6.07, 6.45) is 29.6. The predicted molar refractivity (Wildman–Crippen MR) is 191 cm³/mol. The first kappa shape index (κ1) is 41.7. The maximum atomic E-state index is 12.2. The number of hydrogen-bond donors (Lipinski definition) is 1. The highest BCUT2D eigenvalue weighted by Gasteiger charge is 2.16. The Morgan fingerprint density at radius 2 is 1.09 bits per heavy atom. The number of aliphatic hydroxyl groups is 1. The van der Waals surface area contributed by atoms with Gasteiger partial charge in [0.1, 0.15) is 12.4 Å². The van der Waals surface area contributed by atoms with Crippen LogP contribution < -0.4 is 4.74 Å². The summed E-state index contributed by atoms with van der Waals surface area (Å²) < 4.78 is 16.4. The first-order valence-electron chi connectivity index (χ1n) is 18.9. The average Bonchev–Trinajstić information content (AvgIpc) is 3.07. The Bertz CT molecular complexity index is 852. The molecule has 1 atom stereocenters. The minimum absolute atomic E-state index is 0.0769. The van der Waals surface area contributed by atoms with Gasteiger partial charge in [0.05, 0.1) is 13.2 Å². The van der Waals surface area contributed by atoms with Crippen LogP contribution in [-0.4, -0.2) is 43.0 Å². The van der Waals surface area contributed by atoms with Crippen molar-refractivity contribution < 1.29 is 28.9 Å². The molecule has 0 aliphatic rings. The summed E-state index contributed by atoms with van der Waals surface area (Å²) in [4.78, 5) is 24.2. The number of ether oxygens (including phenoxy) is 3. The van der Waals surface area contributed by atoms with Crippen molar-refractivity contribution in [1.29, 1.82) is 0 Å². The van der Waals surface area contributed by atoms with Crippen molar-refractivity contribution in [2.45, 2.75) is 174 Å². The number of carbonyl (C=O) groups excluding carboxylic acids is 2. The van der Waals surface area contributed by atoms with Gasteiger partial charge in [-0.15, -0.1) is 0 Å². The Kier molecular flexibility index (Phi) is 28.3. The fourth-order valence-electron chi connectivity index (χ4n) is 5.59. The maximum Gasteiger partial charge on any atom is 0.306 e. The van der Waals surface area contributed by atoms with Crippen molar-refractivity contribution in [3.05, 3.63) is 36.4 Å². The number of aliphatic hydroxyl groups excluding tert-OH is 1. The molecule has 264 valence electrons. The standard InChI is InChI=1S/C40H68O6/c1-3-5-6-7-8-9-10-11-12-13-14-15-18-21-24-27-39(42)45-35-38(34-41)46-40(43)28-25-22-19-16-17-20-23-26-33-44-37-31-29-36(4-2)30-32-37/h4,29-32,38,41H,2-3,5-28,33-35H2,1H3. The van der Waals surface area contributed by atoms with E-state index in [4.69, 9.17) is 14.2 Å². The van der Waals surface area contributed by atoms with Gasteiger partial charge in [0.2, 0.25) is 0 Å². The largest absolute Gasteiger partial charge is 0.494 e. The molecule has 0 bridgehead atoms. The molecular weight excluding hydrogens is 576 g/mol. The van der Waals surface area contributed by atoms with E-state index in [0.717, 1.165) is 75.7 Å². The van der Waals surface area contributed by atoms with E-state index in [1.54, 1.807) is 0 Å². The second-order valence-corrected chi connectivity index (χ2v) is 12.9. The molecule has 0 aromatic heterocycles. The Labute approximate surface area is 282 Å². The van der Waals surface area contributed by atoms with Gasteiger partial charge in [-0.1, -0.05) is 160 Å². The van der Waals surface area contributed by atoms with Crippen molar-refractivity contribution in [1.82, 2.24) is 0 Å². The normalized spacial score (nSPS) is 11.7. The molecule has 0 amide bonds.